The normalized spacial score (nSPS) is 13.3. The van der Waals surface area contributed by atoms with Gasteiger partial charge in [0.25, 0.3) is 5.91 Å². The Morgan fingerprint density at radius 3 is 2.58 bits per heavy atom. The van der Waals surface area contributed by atoms with E-state index in [1.165, 1.54) is 29.2 Å². The lowest BCUT2D eigenvalue weighted by Crippen LogP contribution is -2.30. The molecule has 33 heavy (non-hydrogen) atoms. The fraction of sp³-hybridized carbons (Fsp3) is 0.174. The summed E-state index contributed by atoms with van der Waals surface area (Å²) < 4.78 is 10.7. The second-order valence-corrected chi connectivity index (χ2v) is 7.84. The van der Waals surface area contributed by atoms with Crippen LogP contribution in [0.5, 0.6) is 11.5 Å². The molecule has 9 nitrogen and oxygen atoms in total. The van der Waals surface area contributed by atoms with Crippen molar-refractivity contribution >= 4 is 34.3 Å². The molecule has 0 atom stereocenters. The van der Waals surface area contributed by atoms with Crippen molar-refractivity contribution in [1.82, 2.24) is 15.0 Å². The highest BCUT2D eigenvalue weighted by Gasteiger charge is 2.24. The summed E-state index contributed by atoms with van der Waals surface area (Å²) in [4.78, 5) is 33.0. The van der Waals surface area contributed by atoms with E-state index in [1.807, 2.05) is 24.3 Å². The summed E-state index contributed by atoms with van der Waals surface area (Å²) in [5.74, 6) is 1.27. The van der Waals surface area contributed by atoms with Gasteiger partial charge in [-0.15, -0.1) is 0 Å². The molecule has 10 heteroatoms. The fourth-order valence-electron chi connectivity index (χ4n) is 3.21. The van der Waals surface area contributed by atoms with Gasteiger partial charge < -0.3 is 14.8 Å². The maximum Gasteiger partial charge on any atom is 0.302 e. The van der Waals surface area contributed by atoms with Gasteiger partial charge in [0.2, 0.25) is 5.82 Å². The van der Waals surface area contributed by atoms with Crippen LogP contribution in [0.15, 0.2) is 66.0 Å². The molecule has 0 unspecified atom stereocenters. The lowest BCUT2D eigenvalue weighted by atomic mass is 10.1. The summed E-state index contributed by atoms with van der Waals surface area (Å²) in [5.41, 5.74) is 2.86. The van der Waals surface area contributed by atoms with Crippen molar-refractivity contribution < 1.29 is 19.1 Å². The van der Waals surface area contributed by atoms with Crippen LogP contribution in [0.25, 0.3) is 0 Å². The lowest BCUT2D eigenvalue weighted by molar-refractivity contribution is 0.101. The number of para-hydroxylation sites is 1. The van der Waals surface area contributed by atoms with Crippen molar-refractivity contribution in [2.75, 3.05) is 25.3 Å². The SMILES string of the molecule is COc1ccc(C2=NN(Cc3ccccc3NC(=O)c3ncccn3)C(=O)SC2)cc1OC. The molecule has 2 amide bonds. The second-order valence-electron chi connectivity index (χ2n) is 6.91. The van der Waals surface area contributed by atoms with Gasteiger partial charge >= 0.3 is 5.24 Å². The molecule has 1 aliphatic rings. The standard InChI is InChI=1S/C23H21N5O4S/c1-31-19-9-8-15(12-20(19)32-2)18-14-33-23(30)28(27-18)13-16-6-3-4-7-17(16)26-22(29)21-24-10-5-11-25-21/h3-12H,13-14H2,1-2H3,(H,26,29). The van der Waals surface area contributed by atoms with Crippen molar-refractivity contribution in [2.45, 2.75) is 6.54 Å². The summed E-state index contributed by atoms with van der Waals surface area (Å²) in [6, 6.07) is 14.4. The van der Waals surface area contributed by atoms with Gasteiger partial charge in [-0.05, 0) is 35.9 Å². The predicted octanol–water partition coefficient (Wildman–Crippen LogP) is 3.82. The molecule has 1 aromatic heterocycles. The first-order chi connectivity index (χ1) is 16.1. The van der Waals surface area contributed by atoms with E-state index in [4.69, 9.17) is 9.47 Å². The number of nitrogens with zero attached hydrogens (tertiary/aromatic N) is 4. The Balaban J connectivity index is 1.57. The van der Waals surface area contributed by atoms with Crippen molar-refractivity contribution in [1.29, 1.82) is 0 Å². The van der Waals surface area contributed by atoms with Gasteiger partial charge in [0, 0.05) is 29.4 Å². The number of hydrazone groups is 1. The zero-order valence-corrected chi connectivity index (χ0v) is 18.8. The molecule has 4 rings (SSSR count). The minimum Gasteiger partial charge on any atom is -0.493 e. The van der Waals surface area contributed by atoms with Crippen molar-refractivity contribution in [2.24, 2.45) is 5.10 Å². The number of rotatable bonds is 7. The van der Waals surface area contributed by atoms with Crippen LogP contribution in [-0.4, -0.2) is 51.8 Å². The molecular weight excluding hydrogens is 442 g/mol. The first-order valence-electron chi connectivity index (χ1n) is 9.99. The van der Waals surface area contributed by atoms with Crippen LogP contribution in [0, 0.1) is 0 Å². The summed E-state index contributed by atoms with van der Waals surface area (Å²) in [7, 11) is 3.15. The maximum atomic E-state index is 12.6. The Morgan fingerprint density at radius 2 is 1.82 bits per heavy atom. The molecule has 1 aliphatic heterocycles. The number of amides is 2. The smallest absolute Gasteiger partial charge is 0.302 e. The Hall–Kier alpha value is -3.92. The highest BCUT2D eigenvalue weighted by atomic mass is 32.2. The minimum atomic E-state index is -0.433. The maximum absolute atomic E-state index is 12.6. The zero-order chi connectivity index (χ0) is 23.2. The van der Waals surface area contributed by atoms with E-state index in [0.29, 0.717) is 22.9 Å². The summed E-state index contributed by atoms with van der Waals surface area (Å²) >= 11 is 1.17. The zero-order valence-electron chi connectivity index (χ0n) is 18.0. The third-order valence-electron chi connectivity index (χ3n) is 4.86. The van der Waals surface area contributed by atoms with Gasteiger partial charge in [0.1, 0.15) is 0 Å². The monoisotopic (exact) mass is 463 g/mol. The van der Waals surface area contributed by atoms with Crippen LogP contribution < -0.4 is 14.8 Å². The largest absolute Gasteiger partial charge is 0.493 e. The quantitative estimate of drug-likeness (QED) is 0.568. The van der Waals surface area contributed by atoms with Crippen LogP contribution in [0.3, 0.4) is 0 Å². The molecule has 2 aromatic carbocycles. The molecule has 2 heterocycles. The van der Waals surface area contributed by atoms with Crippen LogP contribution >= 0.6 is 11.8 Å². The van der Waals surface area contributed by atoms with Gasteiger partial charge in [0.05, 0.1) is 26.5 Å². The molecule has 0 spiro atoms. The number of hydrogen-bond acceptors (Lipinski definition) is 8. The summed E-state index contributed by atoms with van der Waals surface area (Å²) in [5, 5.41) is 8.62. The van der Waals surface area contributed by atoms with Crippen LogP contribution in [0.4, 0.5) is 10.5 Å². The molecule has 0 radical (unpaired) electrons. The Bertz CT molecular complexity index is 1200. The third kappa shape index (κ3) is 5.12. The van der Waals surface area contributed by atoms with Crippen LogP contribution in [-0.2, 0) is 6.54 Å². The number of aromatic nitrogens is 2. The van der Waals surface area contributed by atoms with Gasteiger partial charge in [-0.2, -0.15) is 5.10 Å². The summed E-state index contributed by atoms with van der Waals surface area (Å²) in [6.45, 7) is 0.189. The van der Waals surface area contributed by atoms with Gasteiger partial charge in [-0.25, -0.2) is 15.0 Å². The van der Waals surface area contributed by atoms with Crippen LogP contribution in [0.1, 0.15) is 21.7 Å². The van der Waals surface area contributed by atoms with E-state index < -0.39 is 5.91 Å². The molecule has 0 saturated heterocycles. The van der Waals surface area contributed by atoms with Gasteiger partial charge in [-0.3, -0.25) is 9.59 Å². The van der Waals surface area contributed by atoms with Gasteiger partial charge in [0.15, 0.2) is 11.5 Å². The van der Waals surface area contributed by atoms with E-state index in [2.05, 4.69) is 20.4 Å². The molecular formula is C23H21N5O4S. The molecule has 0 bridgehead atoms. The van der Waals surface area contributed by atoms with E-state index in [0.717, 1.165) is 16.8 Å². The topological polar surface area (TPSA) is 106 Å². The Morgan fingerprint density at radius 1 is 1.06 bits per heavy atom. The lowest BCUT2D eigenvalue weighted by Gasteiger charge is -2.24. The Labute approximate surface area is 194 Å². The molecule has 1 N–H and O–H groups in total. The van der Waals surface area contributed by atoms with E-state index in [-0.39, 0.29) is 17.6 Å². The Kier molecular flexibility index (Phi) is 6.84. The number of thioether (sulfide) groups is 1. The highest BCUT2D eigenvalue weighted by molar-refractivity contribution is 8.14. The van der Waals surface area contributed by atoms with E-state index in [1.54, 1.807) is 38.5 Å². The molecule has 3 aromatic rings. The van der Waals surface area contributed by atoms with Crippen molar-refractivity contribution in [3.63, 3.8) is 0 Å². The predicted molar refractivity (Wildman–Crippen MR) is 126 cm³/mol. The molecule has 0 aliphatic carbocycles. The number of hydrogen-bond donors (Lipinski definition) is 1. The highest BCUT2D eigenvalue weighted by Crippen LogP contribution is 2.30. The minimum absolute atomic E-state index is 0.0608. The number of nitrogens with one attached hydrogen (secondary N) is 1. The van der Waals surface area contributed by atoms with Crippen molar-refractivity contribution in [3.8, 4) is 11.5 Å². The molecule has 0 saturated carbocycles. The number of carbonyl (C=O) groups is 2. The number of benzene rings is 2. The number of anilines is 1. The number of carbonyl (C=O) groups excluding carboxylic acids is 2. The van der Waals surface area contributed by atoms with Crippen LogP contribution in [0.2, 0.25) is 0 Å². The van der Waals surface area contributed by atoms with E-state index in [9.17, 15) is 9.59 Å². The average molecular weight is 464 g/mol. The molecule has 168 valence electrons. The molecule has 0 fully saturated rings. The average Bonchev–Trinajstić information content (AvgIpc) is 2.86. The van der Waals surface area contributed by atoms with E-state index >= 15 is 0 Å². The van der Waals surface area contributed by atoms with Crippen molar-refractivity contribution in [3.05, 3.63) is 77.9 Å². The first-order valence-corrected chi connectivity index (χ1v) is 11.0. The van der Waals surface area contributed by atoms with Gasteiger partial charge in [-0.1, -0.05) is 30.0 Å². The first kappa shape index (κ1) is 22.3. The third-order valence-corrected chi connectivity index (χ3v) is 5.73. The number of methoxy groups -OCH3 is 2. The fourth-order valence-corrected chi connectivity index (χ4v) is 3.95. The second kappa shape index (κ2) is 10.1. The number of ether oxygens (including phenoxy) is 2. The summed E-state index contributed by atoms with van der Waals surface area (Å²) in [6.07, 6.45) is 3.00.